The van der Waals surface area contributed by atoms with Crippen molar-refractivity contribution in [2.24, 2.45) is 0 Å². The second-order valence-electron chi connectivity index (χ2n) is 5.65. The first-order valence-electron chi connectivity index (χ1n) is 7.66. The topological polar surface area (TPSA) is 74.3 Å². The lowest BCUT2D eigenvalue weighted by Gasteiger charge is -2.11. The molecule has 0 radical (unpaired) electrons. The van der Waals surface area contributed by atoms with Gasteiger partial charge >= 0.3 is 6.03 Å². The van der Waals surface area contributed by atoms with E-state index in [2.05, 4.69) is 15.6 Å². The Balaban J connectivity index is 1.82. The number of thiazole rings is 1. The van der Waals surface area contributed by atoms with Crippen LogP contribution in [0, 0.1) is 13.8 Å². The molecule has 0 aliphatic rings. The normalized spacial score (nSPS) is 10.3. The third kappa shape index (κ3) is 4.79. The molecule has 0 spiro atoms. The lowest BCUT2D eigenvalue weighted by molar-refractivity contribution is 0.0827. The molecule has 3 amide bonds. The number of amides is 3. The number of nitrogens with one attached hydrogen (secondary N) is 2. The number of carbonyl (C=O) groups excluding carboxylic acids is 2. The third-order valence-corrected chi connectivity index (χ3v) is 4.57. The summed E-state index contributed by atoms with van der Waals surface area (Å²) in [4.78, 5) is 30.8. The molecule has 0 bridgehead atoms. The van der Waals surface area contributed by atoms with Gasteiger partial charge in [-0.2, -0.15) is 0 Å². The zero-order valence-corrected chi connectivity index (χ0v) is 15.2. The minimum Gasteiger partial charge on any atom is -0.345 e. The Kier molecular flexibility index (Phi) is 5.92. The first-order chi connectivity index (χ1) is 11.4. The molecule has 0 aliphatic heterocycles. The number of anilines is 1. The highest BCUT2D eigenvalue weighted by Gasteiger charge is 2.09. The molecule has 1 aromatic heterocycles. The quantitative estimate of drug-likeness (QED) is 0.874. The van der Waals surface area contributed by atoms with E-state index in [1.54, 1.807) is 49.7 Å². The standard InChI is InChI=1S/C17H22N4O2S/c1-11-15(24-12(2)19-11)9-10-18-17(23)20-14-7-5-13(6-8-14)16(22)21(3)4/h5-8H,9-10H2,1-4H3,(H2,18,20,23). The second-order valence-corrected chi connectivity index (χ2v) is 6.94. The molecule has 24 heavy (non-hydrogen) atoms. The number of nitrogens with zero attached hydrogens (tertiary/aromatic N) is 2. The molecule has 1 aromatic carbocycles. The number of urea groups is 1. The summed E-state index contributed by atoms with van der Waals surface area (Å²) in [5.74, 6) is -0.0683. The van der Waals surface area contributed by atoms with Crippen LogP contribution in [0.4, 0.5) is 10.5 Å². The Bertz CT molecular complexity index is 723. The van der Waals surface area contributed by atoms with Crippen LogP contribution in [0.25, 0.3) is 0 Å². The van der Waals surface area contributed by atoms with Crippen LogP contribution in [0.5, 0.6) is 0 Å². The number of carbonyl (C=O) groups is 2. The largest absolute Gasteiger partial charge is 0.345 e. The fourth-order valence-electron chi connectivity index (χ4n) is 2.22. The minimum atomic E-state index is -0.263. The van der Waals surface area contributed by atoms with Crippen molar-refractivity contribution in [3.05, 3.63) is 45.4 Å². The molecule has 0 atom stereocenters. The minimum absolute atomic E-state index is 0.0683. The van der Waals surface area contributed by atoms with Crippen LogP contribution in [-0.2, 0) is 6.42 Å². The van der Waals surface area contributed by atoms with E-state index in [9.17, 15) is 9.59 Å². The van der Waals surface area contributed by atoms with E-state index in [-0.39, 0.29) is 11.9 Å². The lowest BCUT2D eigenvalue weighted by Crippen LogP contribution is -2.30. The molecule has 7 heteroatoms. The van der Waals surface area contributed by atoms with Gasteiger partial charge in [0.15, 0.2) is 0 Å². The maximum absolute atomic E-state index is 11.9. The van der Waals surface area contributed by atoms with Crippen molar-refractivity contribution in [3.8, 4) is 0 Å². The average molecular weight is 346 g/mol. The van der Waals surface area contributed by atoms with Crippen LogP contribution in [0.2, 0.25) is 0 Å². The number of rotatable bonds is 5. The maximum atomic E-state index is 11.9. The van der Waals surface area contributed by atoms with Gasteiger partial charge in [0, 0.05) is 43.2 Å². The summed E-state index contributed by atoms with van der Waals surface area (Å²) >= 11 is 1.66. The SMILES string of the molecule is Cc1nc(C)c(CCNC(=O)Nc2ccc(C(=O)N(C)C)cc2)s1. The molecule has 0 fully saturated rings. The number of hydrogen-bond donors (Lipinski definition) is 2. The summed E-state index contributed by atoms with van der Waals surface area (Å²) in [5, 5.41) is 6.62. The Morgan fingerprint density at radius 1 is 1.17 bits per heavy atom. The number of hydrogen-bond acceptors (Lipinski definition) is 4. The average Bonchev–Trinajstić information content (AvgIpc) is 2.85. The smallest absolute Gasteiger partial charge is 0.319 e. The van der Waals surface area contributed by atoms with E-state index in [1.807, 2.05) is 13.8 Å². The van der Waals surface area contributed by atoms with Gasteiger partial charge in [0.1, 0.15) is 0 Å². The fourth-order valence-corrected chi connectivity index (χ4v) is 3.16. The molecule has 0 unspecified atom stereocenters. The summed E-state index contributed by atoms with van der Waals surface area (Å²) in [6.45, 7) is 4.51. The van der Waals surface area contributed by atoms with Gasteiger partial charge in [0.25, 0.3) is 5.91 Å². The summed E-state index contributed by atoms with van der Waals surface area (Å²) in [7, 11) is 3.41. The molecular formula is C17H22N4O2S. The molecule has 128 valence electrons. The van der Waals surface area contributed by atoms with Crippen LogP contribution in [-0.4, -0.2) is 42.5 Å². The zero-order chi connectivity index (χ0) is 17.7. The van der Waals surface area contributed by atoms with Crippen LogP contribution in [0.3, 0.4) is 0 Å². The van der Waals surface area contributed by atoms with Gasteiger partial charge in [-0.3, -0.25) is 4.79 Å². The van der Waals surface area contributed by atoms with Gasteiger partial charge < -0.3 is 15.5 Å². The Labute approximate surface area is 145 Å². The fraction of sp³-hybridized carbons (Fsp3) is 0.353. The van der Waals surface area contributed by atoms with Crippen molar-refractivity contribution in [2.45, 2.75) is 20.3 Å². The summed E-state index contributed by atoms with van der Waals surface area (Å²) in [6.07, 6.45) is 0.765. The first-order valence-corrected chi connectivity index (χ1v) is 8.48. The molecule has 0 saturated carbocycles. The van der Waals surface area contributed by atoms with Gasteiger partial charge in [0.2, 0.25) is 0 Å². The van der Waals surface area contributed by atoms with Gasteiger partial charge in [-0.15, -0.1) is 11.3 Å². The van der Waals surface area contributed by atoms with E-state index in [0.717, 1.165) is 17.1 Å². The van der Waals surface area contributed by atoms with Gasteiger partial charge in [-0.1, -0.05) is 0 Å². The van der Waals surface area contributed by atoms with E-state index >= 15 is 0 Å². The summed E-state index contributed by atoms with van der Waals surface area (Å²) < 4.78 is 0. The predicted octanol–water partition coefficient (Wildman–Crippen LogP) is 2.83. The maximum Gasteiger partial charge on any atom is 0.319 e. The molecule has 0 saturated heterocycles. The van der Waals surface area contributed by atoms with Crippen LogP contribution in [0.1, 0.15) is 25.9 Å². The third-order valence-electron chi connectivity index (χ3n) is 3.43. The van der Waals surface area contributed by atoms with Crippen LogP contribution >= 0.6 is 11.3 Å². The number of benzene rings is 1. The van der Waals surface area contributed by atoms with E-state index in [0.29, 0.717) is 17.8 Å². The van der Waals surface area contributed by atoms with Crippen molar-refractivity contribution in [3.63, 3.8) is 0 Å². The monoisotopic (exact) mass is 346 g/mol. The molecule has 0 aliphatic carbocycles. The van der Waals surface area contributed by atoms with Gasteiger partial charge in [-0.25, -0.2) is 9.78 Å². The van der Waals surface area contributed by atoms with Crippen LogP contribution < -0.4 is 10.6 Å². The first kappa shape index (κ1) is 17.9. The van der Waals surface area contributed by atoms with E-state index in [1.165, 1.54) is 9.78 Å². The van der Waals surface area contributed by atoms with Crippen LogP contribution in [0.15, 0.2) is 24.3 Å². The molecule has 2 N–H and O–H groups in total. The zero-order valence-electron chi connectivity index (χ0n) is 14.3. The van der Waals surface area contributed by atoms with Crippen molar-refractivity contribution < 1.29 is 9.59 Å². The van der Waals surface area contributed by atoms with Gasteiger partial charge in [0.05, 0.1) is 10.7 Å². The second kappa shape index (κ2) is 7.92. The van der Waals surface area contributed by atoms with Crippen molar-refractivity contribution in [1.82, 2.24) is 15.2 Å². The highest BCUT2D eigenvalue weighted by molar-refractivity contribution is 7.11. The van der Waals surface area contributed by atoms with E-state index < -0.39 is 0 Å². The molecule has 2 aromatic rings. The van der Waals surface area contributed by atoms with Crippen molar-refractivity contribution in [1.29, 1.82) is 0 Å². The molecular weight excluding hydrogens is 324 g/mol. The summed E-state index contributed by atoms with van der Waals surface area (Å²) in [6, 6.07) is 6.56. The summed E-state index contributed by atoms with van der Waals surface area (Å²) in [5.41, 5.74) is 2.26. The molecule has 2 rings (SSSR count). The highest BCUT2D eigenvalue weighted by Crippen LogP contribution is 2.17. The number of aryl methyl sites for hydroxylation is 2. The van der Waals surface area contributed by atoms with E-state index in [4.69, 9.17) is 0 Å². The Morgan fingerprint density at radius 3 is 2.38 bits per heavy atom. The Morgan fingerprint density at radius 2 is 1.83 bits per heavy atom. The van der Waals surface area contributed by atoms with Gasteiger partial charge in [-0.05, 0) is 38.1 Å². The lowest BCUT2D eigenvalue weighted by atomic mass is 10.2. The predicted molar refractivity (Wildman–Crippen MR) is 96.8 cm³/mol. The molecule has 1 heterocycles. The highest BCUT2D eigenvalue weighted by atomic mass is 32.1. The number of aromatic nitrogens is 1. The van der Waals surface area contributed by atoms with Crippen molar-refractivity contribution >= 4 is 29.0 Å². The Hall–Kier alpha value is -2.41. The molecule has 6 nitrogen and oxygen atoms in total. The van der Waals surface area contributed by atoms with Crippen molar-refractivity contribution in [2.75, 3.05) is 26.0 Å².